The third-order valence-corrected chi connectivity index (χ3v) is 4.54. The lowest BCUT2D eigenvalue weighted by Gasteiger charge is -2.23. The second kappa shape index (κ2) is 4.63. The summed E-state index contributed by atoms with van der Waals surface area (Å²) in [7, 11) is 0. The molecule has 1 aliphatic heterocycles. The highest BCUT2D eigenvalue weighted by molar-refractivity contribution is 5.75. The average molecular weight is 268 g/mol. The van der Waals surface area contributed by atoms with Gasteiger partial charge in [-0.2, -0.15) is 5.10 Å². The number of nitrogens with one attached hydrogen (secondary N) is 3. The van der Waals surface area contributed by atoms with E-state index in [1.807, 2.05) is 0 Å². The van der Waals surface area contributed by atoms with Gasteiger partial charge in [-0.15, -0.1) is 0 Å². The first-order valence-electron chi connectivity index (χ1n) is 7.46. The third-order valence-electron chi connectivity index (χ3n) is 4.54. The molecule has 1 aromatic heterocycles. The molecule has 2 atom stereocenters. The molecule has 1 aromatic carbocycles. The Labute approximate surface area is 119 Å². The van der Waals surface area contributed by atoms with Crippen molar-refractivity contribution in [3.8, 4) is 11.3 Å². The molecule has 0 saturated carbocycles. The van der Waals surface area contributed by atoms with Gasteiger partial charge in [-0.1, -0.05) is 31.2 Å². The maximum atomic E-state index is 4.53. The Morgan fingerprint density at radius 2 is 2.20 bits per heavy atom. The van der Waals surface area contributed by atoms with E-state index >= 15 is 0 Å². The molecule has 0 amide bonds. The van der Waals surface area contributed by atoms with Crippen molar-refractivity contribution < 1.29 is 0 Å². The van der Waals surface area contributed by atoms with Crippen molar-refractivity contribution in [3.05, 3.63) is 35.4 Å². The standard InChI is InChI=1S/C16H20N4/c1-10-8-14-15(13-5-3-2-4-12(10)13)19-20-16(14)18-11-6-7-17-9-11/h2-5,10-11,17H,6-9H2,1H3,(H2,18,19,20). The molecule has 104 valence electrons. The van der Waals surface area contributed by atoms with E-state index in [4.69, 9.17) is 0 Å². The highest BCUT2D eigenvalue weighted by atomic mass is 15.2. The van der Waals surface area contributed by atoms with E-state index in [0.29, 0.717) is 12.0 Å². The average Bonchev–Trinajstić information content (AvgIpc) is 3.11. The van der Waals surface area contributed by atoms with Crippen molar-refractivity contribution in [2.24, 2.45) is 0 Å². The number of benzene rings is 1. The lowest BCUT2D eigenvalue weighted by atomic mass is 9.82. The molecule has 2 aromatic rings. The molecular weight excluding hydrogens is 248 g/mol. The highest BCUT2D eigenvalue weighted by Crippen LogP contribution is 2.40. The first kappa shape index (κ1) is 12.0. The lowest BCUT2D eigenvalue weighted by Crippen LogP contribution is -2.23. The number of H-pyrrole nitrogens is 1. The number of anilines is 1. The quantitative estimate of drug-likeness (QED) is 0.784. The number of nitrogens with zero attached hydrogens (tertiary/aromatic N) is 1. The van der Waals surface area contributed by atoms with Gasteiger partial charge in [0.05, 0.1) is 5.69 Å². The Morgan fingerprint density at radius 3 is 3.05 bits per heavy atom. The third kappa shape index (κ3) is 1.83. The normalized spacial score (nSPS) is 24.2. The number of hydrogen-bond donors (Lipinski definition) is 3. The van der Waals surface area contributed by atoms with Crippen LogP contribution in [-0.2, 0) is 6.42 Å². The van der Waals surface area contributed by atoms with Gasteiger partial charge < -0.3 is 10.6 Å². The van der Waals surface area contributed by atoms with Crippen LogP contribution in [0.2, 0.25) is 0 Å². The fourth-order valence-corrected chi connectivity index (χ4v) is 3.45. The predicted octanol–water partition coefficient (Wildman–Crippen LogP) is 2.51. The first-order valence-corrected chi connectivity index (χ1v) is 7.46. The molecule has 4 rings (SSSR count). The van der Waals surface area contributed by atoms with Gasteiger partial charge in [0.2, 0.25) is 0 Å². The first-order chi connectivity index (χ1) is 9.83. The molecule has 2 heterocycles. The zero-order valence-electron chi connectivity index (χ0n) is 11.7. The van der Waals surface area contributed by atoms with Crippen molar-refractivity contribution >= 4 is 5.82 Å². The van der Waals surface area contributed by atoms with E-state index < -0.39 is 0 Å². The van der Waals surface area contributed by atoms with Gasteiger partial charge in [-0.3, -0.25) is 5.10 Å². The second-order valence-electron chi connectivity index (χ2n) is 5.95. The van der Waals surface area contributed by atoms with E-state index in [2.05, 4.69) is 52.0 Å². The fourth-order valence-electron chi connectivity index (χ4n) is 3.45. The Hall–Kier alpha value is -1.81. The van der Waals surface area contributed by atoms with Crippen LogP contribution in [-0.4, -0.2) is 29.3 Å². The number of aromatic nitrogens is 2. The summed E-state index contributed by atoms with van der Waals surface area (Å²) in [6.45, 7) is 4.44. The van der Waals surface area contributed by atoms with Crippen LogP contribution >= 0.6 is 0 Å². The maximum Gasteiger partial charge on any atom is 0.151 e. The number of hydrogen-bond acceptors (Lipinski definition) is 3. The molecule has 1 saturated heterocycles. The SMILES string of the molecule is CC1Cc2c(NC3CCNC3)n[nH]c2-c2ccccc21. The molecule has 20 heavy (non-hydrogen) atoms. The van der Waals surface area contributed by atoms with Crippen molar-refractivity contribution in [1.29, 1.82) is 0 Å². The summed E-state index contributed by atoms with van der Waals surface area (Å²) >= 11 is 0. The molecular formula is C16H20N4. The summed E-state index contributed by atoms with van der Waals surface area (Å²) in [5.41, 5.74) is 5.29. The van der Waals surface area contributed by atoms with E-state index in [-0.39, 0.29) is 0 Å². The Balaban J connectivity index is 1.72. The number of rotatable bonds is 2. The fraction of sp³-hybridized carbons (Fsp3) is 0.438. The molecule has 0 radical (unpaired) electrons. The molecule has 0 spiro atoms. The lowest BCUT2D eigenvalue weighted by molar-refractivity contribution is 0.743. The molecule has 2 unspecified atom stereocenters. The summed E-state index contributed by atoms with van der Waals surface area (Å²) in [6.07, 6.45) is 2.24. The molecule has 3 N–H and O–H groups in total. The number of fused-ring (bicyclic) bond motifs is 3. The summed E-state index contributed by atoms with van der Waals surface area (Å²) in [6, 6.07) is 9.17. The van der Waals surface area contributed by atoms with Crippen molar-refractivity contribution in [3.63, 3.8) is 0 Å². The predicted molar refractivity (Wildman–Crippen MR) is 81.0 cm³/mol. The van der Waals surface area contributed by atoms with E-state index in [9.17, 15) is 0 Å². The molecule has 4 nitrogen and oxygen atoms in total. The van der Waals surface area contributed by atoms with E-state index in [1.54, 1.807) is 0 Å². The van der Waals surface area contributed by atoms with Crippen LogP contribution in [0.5, 0.6) is 0 Å². The minimum Gasteiger partial charge on any atom is -0.364 e. The molecule has 0 bridgehead atoms. The Kier molecular flexibility index (Phi) is 2.77. The largest absolute Gasteiger partial charge is 0.364 e. The minimum absolute atomic E-state index is 0.509. The van der Waals surface area contributed by atoms with Gasteiger partial charge in [-0.05, 0) is 30.9 Å². The summed E-state index contributed by atoms with van der Waals surface area (Å²) in [5.74, 6) is 1.61. The Bertz CT molecular complexity index is 625. The zero-order chi connectivity index (χ0) is 13.5. The topological polar surface area (TPSA) is 52.7 Å². The van der Waals surface area contributed by atoms with Crippen LogP contribution in [0.25, 0.3) is 11.3 Å². The van der Waals surface area contributed by atoms with Crippen molar-refractivity contribution in [2.75, 3.05) is 18.4 Å². The van der Waals surface area contributed by atoms with Crippen LogP contribution in [0, 0.1) is 0 Å². The molecule has 1 fully saturated rings. The maximum absolute atomic E-state index is 4.53. The van der Waals surface area contributed by atoms with Crippen molar-refractivity contribution in [2.45, 2.75) is 31.7 Å². The van der Waals surface area contributed by atoms with Crippen LogP contribution in [0.3, 0.4) is 0 Å². The van der Waals surface area contributed by atoms with Crippen LogP contribution in [0.15, 0.2) is 24.3 Å². The number of aromatic amines is 1. The van der Waals surface area contributed by atoms with E-state index in [0.717, 1.165) is 25.3 Å². The zero-order valence-corrected chi connectivity index (χ0v) is 11.7. The van der Waals surface area contributed by atoms with E-state index in [1.165, 1.54) is 28.8 Å². The van der Waals surface area contributed by atoms with Crippen LogP contribution in [0.1, 0.15) is 30.4 Å². The summed E-state index contributed by atoms with van der Waals surface area (Å²) in [5, 5.41) is 14.8. The smallest absolute Gasteiger partial charge is 0.151 e. The molecule has 1 aliphatic carbocycles. The second-order valence-corrected chi connectivity index (χ2v) is 5.95. The van der Waals surface area contributed by atoms with Gasteiger partial charge in [0.15, 0.2) is 5.82 Å². The monoisotopic (exact) mass is 268 g/mol. The van der Waals surface area contributed by atoms with Gasteiger partial charge in [0.25, 0.3) is 0 Å². The Morgan fingerprint density at radius 1 is 1.30 bits per heavy atom. The summed E-state index contributed by atoms with van der Waals surface area (Å²) in [4.78, 5) is 0. The molecule has 4 heteroatoms. The molecule has 2 aliphatic rings. The van der Waals surface area contributed by atoms with Gasteiger partial charge in [0.1, 0.15) is 0 Å². The van der Waals surface area contributed by atoms with Crippen molar-refractivity contribution in [1.82, 2.24) is 15.5 Å². The van der Waals surface area contributed by atoms with Crippen LogP contribution < -0.4 is 10.6 Å². The highest BCUT2D eigenvalue weighted by Gasteiger charge is 2.27. The van der Waals surface area contributed by atoms with Gasteiger partial charge >= 0.3 is 0 Å². The minimum atomic E-state index is 0.509. The van der Waals surface area contributed by atoms with Gasteiger partial charge in [0, 0.05) is 23.7 Å². The summed E-state index contributed by atoms with van der Waals surface area (Å²) < 4.78 is 0. The van der Waals surface area contributed by atoms with Crippen LogP contribution in [0.4, 0.5) is 5.82 Å². The van der Waals surface area contributed by atoms with Gasteiger partial charge in [-0.25, -0.2) is 0 Å².